The van der Waals surface area contributed by atoms with Gasteiger partial charge >= 0.3 is 0 Å². The molecule has 5 aromatic rings. The van der Waals surface area contributed by atoms with E-state index in [0.717, 1.165) is 53.8 Å². The number of aromatic nitrogens is 4. The van der Waals surface area contributed by atoms with E-state index in [1.165, 1.54) is 12.1 Å². The van der Waals surface area contributed by atoms with E-state index < -0.39 is 0 Å². The minimum absolute atomic E-state index is 0.107. The Kier molecular flexibility index (Phi) is 9.20. The van der Waals surface area contributed by atoms with Crippen molar-refractivity contribution in [3.63, 3.8) is 0 Å². The summed E-state index contributed by atoms with van der Waals surface area (Å²) in [6.45, 7) is 2.74. The molecule has 226 valence electrons. The van der Waals surface area contributed by atoms with Gasteiger partial charge in [0.05, 0.1) is 22.8 Å². The van der Waals surface area contributed by atoms with E-state index in [1.54, 1.807) is 30.3 Å². The third-order valence-corrected chi connectivity index (χ3v) is 8.31. The number of benzene rings is 3. The fraction of sp³-hybridized carbons (Fsp3) is 0.281. The summed E-state index contributed by atoms with van der Waals surface area (Å²) in [6.07, 6.45) is 4.08. The first kappa shape index (κ1) is 29.8. The van der Waals surface area contributed by atoms with E-state index in [0.29, 0.717) is 23.4 Å². The molecule has 6 rings (SSSR count). The van der Waals surface area contributed by atoms with Gasteiger partial charge in [0.2, 0.25) is 0 Å². The number of hydrogen-bond acceptors (Lipinski definition) is 8. The molecule has 44 heavy (non-hydrogen) atoms. The molecule has 3 heterocycles. The number of nitrogens with zero attached hydrogens (tertiary/aromatic N) is 6. The van der Waals surface area contributed by atoms with E-state index in [-0.39, 0.29) is 35.2 Å². The van der Waals surface area contributed by atoms with Gasteiger partial charge in [0.1, 0.15) is 18.1 Å². The van der Waals surface area contributed by atoms with Crippen LogP contribution in [0.25, 0.3) is 11.3 Å². The zero-order valence-corrected chi connectivity index (χ0v) is 25.3. The molecule has 0 radical (unpaired) electrons. The van der Waals surface area contributed by atoms with Gasteiger partial charge in [-0.1, -0.05) is 62.7 Å². The van der Waals surface area contributed by atoms with Crippen molar-refractivity contribution in [3.8, 4) is 11.3 Å². The summed E-state index contributed by atoms with van der Waals surface area (Å²) >= 11 is 3.50. The number of non-ortho nitro benzene ring substituents is 1. The smallest absolute Gasteiger partial charge is 0.269 e. The van der Waals surface area contributed by atoms with Crippen molar-refractivity contribution in [1.29, 1.82) is 0 Å². The molecule has 12 heteroatoms. The van der Waals surface area contributed by atoms with Crippen LogP contribution in [0.2, 0.25) is 0 Å². The zero-order valence-electron chi connectivity index (χ0n) is 23.8. The lowest BCUT2D eigenvalue weighted by Gasteiger charge is -2.31. The predicted octanol–water partition coefficient (Wildman–Crippen LogP) is 7.08. The second kappa shape index (κ2) is 13.6. The Bertz CT molecular complexity index is 1700. The molecule has 0 spiro atoms. The van der Waals surface area contributed by atoms with E-state index in [4.69, 9.17) is 9.26 Å². The molecule has 1 saturated heterocycles. The number of ether oxygens (including phenoxy) is 1. The molecule has 0 N–H and O–H groups in total. The van der Waals surface area contributed by atoms with Crippen LogP contribution in [-0.2, 0) is 24.3 Å². The summed E-state index contributed by atoms with van der Waals surface area (Å²) in [5, 5.41) is 23.9. The maximum atomic E-state index is 13.7. The van der Waals surface area contributed by atoms with Gasteiger partial charge in [-0.3, -0.25) is 15.0 Å². The minimum atomic E-state index is -0.378. The maximum Gasteiger partial charge on any atom is 0.269 e. The van der Waals surface area contributed by atoms with Gasteiger partial charge in [-0.15, -0.1) is 5.10 Å². The topological polar surface area (TPSA) is 112 Å². The Labute approximate surface area is 261 Å². The molecular weight excluding hydrogens is 631 g/mol. The van der Waals surface area contributed by atoms with E-state index in [2.05, 4.69) is 36.3 Å². The number of piperidine rings is 1. The molecule has 0 amide bonds. The average Bonchev–Trinajstić information content (AvgIpc) is 3.71. The second-order valence-electron chi connectivity index (χ2n) is 10.9. The van der Waals surface area contributed by atoms with Crippen molar-refractivity contribution in [2.45, 2.75) is 44.6 Å². The van der Waals surface area contributed by atoms with Crippen molar-refractivity contribution >= 4 is 21.6 Å². The second-order valence-corrected chi connectivity index (χ2v) is 11.8. The largest absolute Gasteiger partial charge is 0.365 e. The third-order valence-electron chi connectivity index (χ3n) is 7.78. The molecule has 2 aromatic heterocycles. The summed E-state index contributed by atoms with van der Waals surface area (Å²) in [5.74, 6) is 0.204. The molecule has 0 saturated carbocycles. The average molecular weight is 662 g/mol. The first-order valence-corrected chi connectivity index (χ1v) is 15.1. The normalized spacial score (nSPS) is 15.0. The fourth-order valence-electron chi connectivity index (χ4n) is 5.40. The summed E-state index contributed by atoms with van der Waals surface area (Å²) in [6, 6.07) is 23.0. The van der Waals surface area contributed by atoms with Crippen LogP contribution in [0.4, 0.5) is 10.1 Å². The lowest BCUT2D eigenvalue weighted by Crippen LogP contribution is -2.34. The van der Waals surface area contributed by atoms with Gasteiger partial charge in [0.15, 0.2) is 5.76 Å². The standard InChI is InChI=1S/C32H30BrFN6O4/c33-25-8-6-23(7-9-25)32(43-21-30-18-31(36-44-30)24-2-1-3-26(34)16-24)17-27-20-39(37-35-27)28-12-14-38(15-13-28)19-22-4-10-29(11-5-22)40(41)42/h1-11,16,18,20,28,32H,12-15,17,19,21H2. The van der Waals surface area contributed by atoms with Crippen molar-refractivity contribution in [3.05, 3.63) is 128 Å². The summed E-state index contributed by atoms with van der Waals surface area (Å²) in [7, 11) is 0. The molecule has 1 aliphatic heterocycles. The van der Waals surface area contributed by atoms with Crippen molar-refractivity contribution in [2.75, 3.05) is 13.1 Å². The van der Waals surface area contributed by atoms with Crippen LogP contribution in [0.5, 0.6) is 0 Å². The maximum absolute atomic E-state index is 13.7. The van der Waals surface area contributed by atoms with Gasteiger partial charge in [0, 0.05) is 60.5 Å². The Morgan fingerprint density at radius 2 is 1.84 bits per heavy atom. The molecule has 10 nitrogen and oxygen atoms in total. The van der Waals surface area contributed by atoms with E-state index in [1.807, 2.05) is 47.3 Å². The van der Waals surface area contributed by atoms with Crippen LogP contribution in [0, 0.1) is 15.9 Å². The van der Waals surface area contributed by atoms with Crippen LogP contribution >= 0.6 is 15.9 Å². The summed E-state index contributed by atoms with van der Waals surface area (Å²) in [5.41, 5.74) is 4.17. The van der Waals surface area contributed by atoms with Crippen LogP contribution in [0.1, 0.15) is 47.6 Å². The Morgan fingerprint density at radius 1 is 1.07 bits per heavy atom. The molecule has 1 aliphatic rings. The molecule has 0 bridgehead atoms. The highest BCUT2D eigenvalue weighted by Crippen LogP contribution is 2.28. The van der Waals surface area contributed by atoms with Gasteiger partial charge in [0.25, 0.3) is 5.69 Å². The number of halogens is 2. The zero-order chi connectivity index (χ0) is 30.5. The highest BCUT2D eigenvalue weighted by molar-refractivity contribution is 9.10. The van der Waals surface area contributed by atoms with Crippen LogP contribution in [-0.4, -0.2) is 43.1 Å². The molecular formula is C32H30BrFN6O4. The third kappa shape index (κ3) is 7.44. The first-order valence-electron chi connectivity index (χ1n) is 14.3. The predicted molar refractivity (Wildman–Crippen MR) is 164 cm³/mol. The number of rotatable bonds is 11. The number of nitro groups is 1. The van der Waals surface area contributed by atoms with Crippen molar-refractivity contribution < 1.29 is 18.6 Å². The van der Waals surface area contributed by atoms with Crippen LogP contribution in [0.3, 0.4) is 0 Å². The van der Waals surface area contributed by atoms with Gasteiger partial charge in [-0.05, 0) is 48.2 Å². The molecule has 1 unspecified atom stereocenters. The number of likely N-dealkylation sites (tertiary alicyclic amines) is 1. The first-order chi connectivity index (χ1) is 21.4. The fourth-order valence-corrected chi connectivity index (χ4v) is 5.66. The van der Waals surface area contributed by atoms with Gasteiger partial charge in [-0.25, -0.2) is 9.07 Å². The highest BCUT2D eigenvalue weighted by atomic mass is 79.9. The quantitative estimate of drug-likeness (QED) is 0.109. The Hall–Kier alpha value is -4.26. The highest BCUT2D eigenvalue weighted by Gasteiger charge is 2.23. The number of hydrogen-bond donors (Lipinski definition) is 0. The Morgan fingerprint density at radius 3 is 2.57 bits per heavy atom. The monoisotopic (exact) mass is 660 g/mol. The van der Waals surface area contributed by atoms with Crippen molar-refractivity contribution in [2.24, 2.45) is 0 Å². The lowest BCUT2D eigenvalue weighted by molar-refractivity contribution is -0.384. The van der Waals surface area contributed by atoms with Gasteiger partial charge < -0.3 is 9.26 Å². The molecule has 3 aromatic carbocycles. The molecule has 1 fully saturated rings. The number of nitro benzene ring substituents is 1. The van der Waals surface area contributed by atoms with E-state index in [9.17, 15) is 14.5 Å². The minimum Gasteiger partial charge on any atom is -0.365 e. The SMILES string of the molecule is O=[N+]([O-])c1ccc(CN2CCC(n3cc(CC(OCc4cc(-c5cccc(F)c5)no4)c4ccc(Br)cc4)nn3)CC2)cc1. The summed E-state index contributed by atoms with van der Waals surface area (Å²) in [4.78, 5) is 12.9. The van der Waals surface area contributed by atoms with Crippen molar-refractivity contribution in [1.82, 2.24) is 25.1 Å². The molecule has 0 aliphatic carbocycles. The summed E-state index contributed by atoms with van der Waals surface area (Å²) < 4.78 is 28.4. The van der Waals surface area contributed by atoms with E-state index >= 15 is 0 Å². The van der Waals surface area contributed by atoms with Crippen LogP contribution in [0.15, 0.2) is 94.1 Å². The Balaban J connectivity index is 1.07. The lowest BCUT2D eigenvalue weighted by atomic mass is 10.0. The van der Waals surface area contributed by atoms with Gasteiger partial charge in [-0.2, -0.15) is 0 Å². The van der Waals surface area contributed by atoms with Crippen LogP contribution < -0.4 is 0 Å². The molecule has 1 atom stereocenters.